The summed E-state index contributed by atoms with van der Waals surface area (Å²) in [5.74, 6) is -0.783. The van der Waals surface area contributed by atoms with Gasteiger partial charge in [-0.1, -0.05) is 23.2 Å². The van der Waals surface area contributed by atoms with Crippen LogP contribution in [0.4, 0.5) is 10.1 Å². The summed E-state index contributed by atoms with van der Waals surface area (Å²) in [7, 11) is 0. The van der Waals surface area contributed by atoms with E-state index in [1.54, 1.807) is 24.8 Å². The molecule has 0 heterocycles. The fourth-order valence-electron chi connectivity index (χ4n) is 2.49. The van der Waals surface area contributed by atoms with Gasteiger partial charge in [0.05, 0.1) is 17.2 Å². The first-order valence-corrected chi connectivity index (χ1v) is 11.0. The molecule has 0 aliphatic carbocycles. The van der Waals surface area contributed by atoms with E-state index in [9.17, 15) is 14.0 Å². The molecule has 29 heavy (non-hydrogen) atoms. The number of amides is 2. The second kappa shape index (κ2) is 11.3. The summed E-state index contributed by atoms with van der Waals surface area (Å²) >= 11 is 13.5. The van der Waals surface area contributed by atoms with Crippen molar-refractivity contribution in [2.45, 2.75) is 19.4 Å². The van der Waals surface area contributed by atoms with E-state index in [0.29, 0.717) is 23.8 Å². The van der Waals surface area contributed by atoms with Crippen LogP contribution in [0.3, 0.4) is 0 Å². The van der Waals surface area contributed by atoms with Gasteiger partial charge in [0.1, 0.15) is 6.04 Å². The van der Waals surface area contributed by atoms with E-state index >= 15 is 0 Å². The lowest BCUT2D eigenvalue weighted by Crippen LogP contribution is -2.44. The van der Waals surface area contributed by atoms with Gasteiger partial charge >= 0.3 is 0 Å². The van der Waals surface area contributed by atoms with Crippen LogP contribution in [0.15, 0.2) is 36.4 Å². The van der Waals surface area contributed by atoms with Crippen molar-refractivity contribution in [1.82, 2.24) is 5.32 Å². The second-order valence-electron chi connectivity index (χ2n) is 6.00. The van der Waals surface area contributed by atoms with Crippen molar-refractivity contribution in [3.05, 3.63) is 57.8 Å². The molecule has 0 saturated carbocycles. The number of anilines is 1. The quantitative estimate of drug-likeness (QED) is 0.553. The lowest BCUT2D eigenvalue weighted by molar-refractivity contribution is -0.118. The number of thioether (sulfide) groups is 1. The molecule has 2 N–H and O–H groups in total. The molecule has 156 valence electrons. The van der Waals surface area contributed by atoms with E-state index in [1.165, 1.54) is 30.3 Å². The molecule has 2 aromatic carbocycles. The Hall–Kier alpha value is -1.96. The number of carbonyl (C=O) groups is 2. The Morgan fingerprint density at radius 2 is 1.97 bits per heavy atom. The number of carbonyl (C=O) groups excluding carboxylic acids is 2. The molecule has 0 aliphatic rings. The van der Waals surface area contributed by atoms with Crippen molar-refractivity contribution < 1.29 is 18.7 Å². The van der Waals surface area contributed by atoms with Crippen LogP contribution in [0.5, 0.6) is 5.75 Å². The van der Waals surface area contributed by atoms with Crippen LogP contribution in [0.2, 0.25) is 10.0 Å². The molecule has 0 saturated heterocycles. The third-order valence-corrected chi connectivity index (χ3v) is 5.10. The van der Waals surface area contributed by atoms with Gasteiger partial charge < -0.3 is 15.4 Å². The van der Waals surface area contributed by atoms with Gasteiger partial charge in [-0.25, -0.2) is 4.39 Å². The number of halogens is 3. The van der Waals surface area contributed by atoms with Gasteiger partial charge in [0.15, 0.2) is 11.6 Å². The molecule has 2 amide bonds. The van der Waals surface area contributed by atoms with Crippen LogP contribution in [-0.2, 0) is 4.79 Å². The van der Waals surface area contributed by atoms with Gasteiger partial charge in [0.25, 0.3) is 5.91 Å². The smallest absolute Gasteiger partial charge is 0.253 e. The van der Waals surface area contributed by atoms with Gasteiger partial charge in [0, 0.05) is 16.8 Å². The molecular formula is C20H21Cl2FN2O3S. The predicted octanol–water partition coefficient (Wildman–Crippen LogP) is 5.02. The summed E-state index contributed by atoms with van der Waals surface area (Å²) in [6.07, 6.45) is 2.29. The largest absolute Gasteiger partial charge is 0.491 e. The fourth-order valence-corrected chi connectivity index (χ4v) is 3.46. The Bertz CT molecular complexity index is 883. The zero-order chi connectivity index (χ0) is 21.4. The summed E-state index contributed by atoms with van der Waals surface area (Å²) in [6, 6.07) is 7.82. The van der Waals surface area contributed by atoms with Crippen LogP contribution < -0.4 is 15.4 Å². The summed E-state index contributed by atoms with van der Waals surface area (Å²) in [5.41, 5.74) is 0.481. The zero-order valence-electron chi connectivity index (χ0n) is 15.9. The molecule has 0 spiro atoms. The van der Waals surface area contributed by atoms with Gasteiger partial charge in [-0.2, -0.15) is 11.8 Å². The van der Waals surface area contributed by atoms with Crippen molar-refractivity contribution in [2.75, 3.05) is 23.9 Å². The number of hydrogen-bond donors (Lipinski definition) is 2. The zero-order valence-corrected chi connectivity index (χ0v) is 18.3. The standard InChI is InChI=1S/C20H21Cl2FN2O3S/c1-3-28-18-7-5-13(11-16(18)23)24-20(27)17(8-9-29-2)25-19(26)14-6-4-12(21)10-15(14)22/h4-7,10-11,17H,3,8-9H2,1-2H3,(H,24,27)(H,25,26). The molecule has 2 rings (SSSR count). The highest BCUT2D eigenvalue weighted by molar-refractivity contribution is 7.98. The number of hydrogen-bond acceptors (Lipinski definition) is 4. The third-order valence-electron chi connectivity index (χ3n) is 3.91. The molecule has 0 aromatic heterocycles. The molecule has 0 fully saturated rings. The highest BCUT2D eigenvalue weighted by atomic mass is 35.5. The maximum Gasteiger partial charge on any atom is 0.253 e. The van der Waals surface area contributed by atoms with Crippen LogP contribution in [-0.4, -0.2) is 36.5 Å². The first-order chi connectivity index (χ1) is 13.8. The van der Waals surface area contributed by atoms with E-state index in [1.807, 2.05) is 6.26 Å². The first-order valence-electron chi connectivity index (χ1n) is 8.83. The molecule has 0 aliphatic heterocycles. The topological polar surface area (TPSA) is 67.4 Å². The molecule has 0 bridgehead atoms. The predicted molar refractivity (Wildman–Crippen MR) is 117 cm³/mol. The minimum absolute atomic E-state index is 0.107. The lowest BCUT2D eigenvalue weighted by atomic mass is 10.1. The Balaban J connectivity index is 2.13. The Morgan fingerprint density at radius 3 is 2.59 bits per heavy atom. The molecule has 5 nitrogen and oxygen atoms in total. The van der Waals surface area contributed by atoms with Crippen LogP contribution in [0.1, 0.15) is 23.7 Å². The summed E-state index contributed by atoms with van der Waals surface area (Å²) in [6.45, 7) is 2.08. The van der Waals surface area contributed by atoms with Gasteiger partial charge in [0.2, 0.25) is 5.91 Å². The summed E-state index contributed by atoms with van der Waals surface area (Å²) < 4.78 is 19.2. The lowest BCUT2D eigenvalue weighted by Gasteiger charge is -2.19. The third kappa shape index (κ3) is 6.80. The number of rotatable bonds is 9. The summed E-state index contributed by atoms with van der Waals surface area (Å²) in [5, 5.41) is 5.90. The molecule has 2 aromatic rings. The minimum Gasteiger partial charge on any atom is -0.491 e. The highest BCUT2D eigenvalue weighted by Crippen LogP contribution is 2.23. The van der Waals surface area contributed by atoms with Crippen LogP contribution in [0, 0.1) is 5.82 Å². The SMILES string of the molecule is CCOc1ccc(NC(=O)C(CCSC)NC(=O)c2ccc(Cl)cc2Cl)cc1F. The molecular weight excluding hydrogens is 438 g/mol. The van der Waals surface area contributed by atoms with E-state index in [0.717, 1.165) is 0 Å². The van der Waals surface area contributed by atoms with Crippen LogP contribution in [0.25, 0.3) is 0 Å². The molecule has 1 atom stereocenters. The summed E-state index contributed by atoms with van der Waals surface area (Å²) in [4.78, 5) is 25.3. The molecule has 0 radical (unpaired) electrons. The fraction of sp³-hybridized carbons (Fsp3) is 0.300. The Morgan fingerprint density at radius 1 is 1.21 bits per heavy atom. The van der Waals surface area contributed by atoms with Crippen molar-refractivity contribution in [2.24, 2.45) is 0 Å². The Kier molecular flexibility index (Phi) is 9.07. The van der Waals surface area contributed by atoms with Crippen molar-refractivity contribution in [3.63, 3.8) is 0 Å². The van der Waals surface area contributed by atoms with Gasteiger partial charge in [-0.15, -0.1) is 0 Å². The van der Waals surface area contributed by atoms with Crippen molar-refractivity contribution in [3.8, 4) is 5.75 Å². The monoisotopic (exact) mass is 458 g/mol. The van der Waals surface area contributed by atoms with Crippen LogP contribution >= 0.6 is 35.0 Å². The maximum atomic E-state index is 14.0. The number of nitrogens with one attached hydrogen (secondary N) is 2. The Labute approximate surface area is 183 Å². The maximum absolute atomic E-state index is 14.0. The average Bonchev–Trinajstić information content (AvgIpc) is 2.67. The van der Waals surface area contributed by atoms with Crippen molar-refractivity contribution in [1.29, 1.82) is 0 Å². The number of benzene rings is 2. The second-order valence-corrected chi connectivity index (χ2v) is 7.83. The molecule has 1 unspecified atom stereocenters. The minimum atomic E-state index is -0.823. The average molecular weight is 459 g/mol. The van der Waals surface area contributed by atoms with Gasteiger partial charge in [-0.05, 0) is 55.7 Å². The highest BCUT2D eigenvalue weighted by Gasteiger charge is 2.23. The normalized spacial score (nSPS) is 11.6. The van der Waals surface area contributed by atoms with Crippen molar-refractivity contribution >= 4 is 52.5 Å². The van der Waals surface area contributed by atoms with E-state index in [4.69, 9.17) is 27.9 Å². The van der Waals surface area contributed by atoms with Gasteiger partial charge in [-0.3, -0.25) is 9.59 Å². The molecule has 9 heteroatoms. The number of ether oxygens (including phenoxy) is 1. The first kappa shape index (κ1) is 23.3. The van der Waals surface area contributed by atoms with E-state index in [2.05, 4.69) is 10.6 Å². The van der Waals surface area contributed by atoms with E-state index in [-0.39, 0.29) is 22.0 Å². The van der Waals surface area contributed by atoms with E-state index < -0.39 is 23.7 Å².